The molecule has 0 aliphatic carbocycles. The van der Waals surface area contributed by atoms with E-state index in [4.69, 9.17) is 10.2 Å². The summed E-state index contributed by atoms with van der Waals surface area (Å²) in [7, 11) is 0. The van der Waals surface area contributed by atoms with Crippen molar-refractivity contribution in [3.63, 3.8) is 0 Å². The van der Waals surface area contributed by atoms with Gasteiger partial charge in [-0.1, -0.05) is 50.3 Å². The van der Waals surface area contributed by atoms with E-state index in [0.717, 1.165) is 12.8 Å². The third-order valence-electron chi connectivity index (χ3n) is 2.53. The van der Waals surface area contributed by atoms with E-state index in [2.05, 4.69) is 6.92 Å². The quantitative estimate of drug-likeness (QED) is 0.748. The van der Waals surface area contributed by atoms with Crippen LogP contribution in [0.3, 0.4) is 0 Å². The van der Waals surface area contributed by atoms with Gasteiger partial charge in [-0.25, -0.2) is 0 Å². The number of hydrogen-bond donors (Lipinski definition) is 2. The van der Waals surface area contributed by atoms with Gasteiger partial charge < -0.3 is 10.2 Å². The number of benzene rings is 1. The van der Waals surface area contributed by atoms with Crippen molar-refractivity contribution >= 4 is 5.97 Å². The van der Waals surface area contributed by atoms with E-state index < -0.39 is 5.97 Å². The van der Waals surface area contributed by atoms with Crippen molar-refractivity contribution in [1.29, 1.82) is 0 Å². The van der Waals surface area contributed by atoms with Gasteiger partial charge in [0.05, 0.1) is 0 Å². The molecule has 102 valence electrons. The lowest BCUT2D eigenvalue weighted by atomic mass is 10.1. The molecular formula is C15H24O3. The van der Waals surface area contributed by atoms with Gasteiger partial charge in [-0.3, -0.25) is 4.79 Å². The second-order valence-corrected chi connectivity index (χ2v) is 4.39. The predicted molar refractivity (Wildman–Crippen MR) is 73.9 cm³/mol. The minimum absolute atomic E-state index is 0.329. The normalized spacial score (nSPS) is 9.44. The maximum Gasteiger partial charge on any atom is 0.303 e. The Labute approximate surface area is 109 Å². The molecule has 0 aromatic heterocycles. The molecule has 0 amide bonds. The van der Waals surface area contributed by atoms with Gasteiger partial charge in [0.1, 0.15) is 5.75 Å². The molecule has 0 aliphatic rings. The first-order valence-electron chi connectivity index (χ1n) is 6.53. The zero-order chi connectivity index (χ0) is 13.8. The van der Waals surface area contributed by atoms with E-state index in [1.807, 2.05) is 19.1 Å². The maximum absolute atomic E-state index is 10.0. The minimum Gasteiger partial charge on any atom is -0.508 e. The summed E-state index contributed by atoms with van der Waals surface area (Å²) in [5, 5.41) is 17.0. The summed E-state index contributed by atoms with van der Waals surface area (Å²) < 4.78 is 0. The second kappa shape index (κ2) is 10.6. The predicted octanol–water partition coefficient (Wildman–Crippen LogP) is 4.13. The molecule has 3 heteroatoms. The Morgan fingerprint density at radius 1 is 1.06 bits per heavy atom. The van der Waals surface area contributed by atoms with Crippen LogP contribution < -0.4 is 0 Å². The topological polar surface area (TPSA) is 57.5 Å². The van der Waals surface area contributed by atoms with Crippen molar-refractivity contribution in [1.82, 2.24) is 0 Å². The van der Waals surface area contributed by atoms with Gasteiger partial charge in [-0.2, -0.15) is 0 Å². The van der Waals surface area contributed by atoms with E-state index in [9.17, 15) is 4.79 Å². The lowest BCUT2D eigenvalue weighted by molar-refractivity contribution is -0.137. The van der Waals surface area contributed by atoms with E-state index in [1.54, 1.807) is 12.1 Å². The number of aliphatic carboxylic acids is 1. The summed E-state index contributed by atoms with van der Waals surface area (Å²) in [6.45, 7) is 4.14. The van der Waals surface area contributed by atoms with Crippen molar-refractivity contribution in [2.75, 3.05) is 0 Å². The van der Waals surface area contributed by atoms with Crippen molar-refractivity contribution in [3.8, 4) is 5.75 Å². The number of aryl methyl sites for hydroxylation is 1. The first kappa shape index (κ1) is 16.5. The molecule has 0 saturated heterocycles. The van der Waals surface area contributed by atoms with Crippen LogP contribution in [-0.2, 0) is 4.79 Å². The molecule has 0 saturated carbocycles. The number of rotatable bonds is 6. The van der Waals surface area contributed by atoms with Crippen LogP contribution in [0.2, 0.25) is 0 Å². The summed E-state index contributed by atoms with van der Waals surface area (Å²) in [5.74, 6) is -0.341. The number of carboxylic acids is 1. The third kappa shape index (κ3) is 11.0. The van der Waals surface area contributed by atoms with E-state index >= 15 is 0 Å². The monoisotopic (exact) mass is 252 g/mol. The standard InChI is InChI=1S/C8H16O2.C7H8O/c1-2-3-4-5-6-7-8(9)10;1-6-2-4-7(8)5-3-6/h2-7H2,1H3,(H,9,10);2-5,8H,1H3. The molecule has 1 rings (SSSR count). The van der Waals surface area contributed by atoms with Gasteiger partial charge in [0.15, 0.2) is 0 Å². The number of phenols is 1. The smallest absolute Gasteiger partial charge is 0.303 e. The first-order chi connectivity index (χ1) is 8.56. The SMILES string of the molecule is CCCCCCCC(=O)O.Cc1ccc(O)cc1. The summed E-state index contributed by atoms with van der Waals surface area (Å²) in [6, 6.07) is 7.09. The molecule has 0 heterocycles. The summed E-state index contributed by atoms with van der Waals surface area (Å²) >= 11 is 0. The molecule has 0 atom stereocenters. The fraction of sp³-hybridized carbons (Fsp3) is 0.533. The Kier molecular flexibility index (Phi) is 9.74. The Balaban J connectivity index is 0.000000327. The Morgan fingerprint density at radius 2 is 1.61 bits per heavy atom. The van der Waals surface area contributed by atoms with Crippen molar-refractivity contribution in [2.45, 2.75) is 52.4 Å². The largest absolute Gasteiger partial charge is 0.508 e. The molecule has 0 spiro atoms. The van der Waals surface area contributed by atoms with Crippen molar-refractivity contribution in [3.05, 3.63) is 29.8 Å². The molecule has 0 fully saturated rings. The average molecular weight is 252 g/mol. The van der Waals surface area contributed by atoms with Gasteiger partial charge in [0.2, 0.25) is 0 Å². The van der Waals surface area contributed by atoms with Gasteiger partial charge in [-0.15, -0.1) is 0 Å². The highest BCUT2D eigenvalue weighted by Gasteiger charge is 1.94. The van der Waals surface area contributed by atoms with Crippen LogP contribution in [0.15, 0.2) is 24.3 Å². The van der Waals surface area contributed by atoms with Gasteiger partial charge in [-0.05, 0) is 25.5 Å². The summed E-state index contributed by atoms with van der Waals surface area (Å²) in [5.41, 5.74) is 1.17. The van der Waals surface area contributed by atoms with Crippen LogP contribution in [-0.4, -0.2) is 16.2 Å². The van der Waals surface area contributed by atoms with Crippen molar-refractivity contribution in [2.24, 2.45) is 0 Å². The van der Waals surface area contributed by atoms with Crippen LogP contribution in [0.25, 0.3) is 0 Å². The zero-order valence-electron chi connectivity index (χ0n) is 11.4. The Morgan fingerprint density at radius 3 is 2.06 bits per heavy atom. The number of phenolic OH excluding ortho intramolecular Hbond substituents is 1. The minimum atomic E-state index is -0.670. The number of aromatic hydroxyl groups is 1. The molecule has 0 bridgehead atoms. The van der Waals surface area contributed by atoms with Crippen LogP contribution in [0.1, 0.15) is 51.0 Å². The van der Waals surface area contributed by atoms with Gasteiger partial charge in [0.25, 0.3) is 0 Å². The van der Waals surface area contributed by atoms with Crippen LogP contribution in [0, 0.1) is 6.92 Å². The molecule has 3 nitrogen and oxygen atoms in total. The lowest BCUT2D eigenvalue weighted by Crippen LogP contribution is -1.93. The molecular weight excluding hydrogens is 228 g/mol. The van der Waals surface area contributed by atoms with Crippen LogP contribution >= 0.6 is 0 Å². The highest BCUT2D eigenvalue weighted by molar-refractivity contribution is 5.66. The second-order valence-electron chi connectivity index (χ2n) is 4.39. The average Bonchev–Trinajstić information content (AvgIpc) is 2.33. The molecule has 18 heavy (non-hydrogen) atoms. The number of carbonyl (C=O) groups is 1. The Bertz CT molecular complexity index is 296. The van der Waals surface area contributed by atoms with E-state index in [1.165, 1.54) is 24.8 Å². The number of unbranched alkanes of at least 4 members (excludes halogenated alkanes) is 4. The molecule has 0 radical (unpaired) electrons. The van der Waals surface area contributed by atoms with Crippen LogP contribution in [0.4, 0.5) is 0 Å². The first-order valence-corrected chi connectivity index (χ1v) is 6.53. The van der Waals surface area contributed by atoms with E-state index in [0.29, 0.717) is 12.2 Å². The third-order valence-corrected chi connectivity index (χ3v) is 2.53. The maximum atomic E-state index is 10.0. The van der Waals surface area contributed by atoms with Gasteiger partial charge in [0, 0.05) is 6.42 Å². The van der Waals surface area contributed by atoms with E-state index in [-0.39, 0.29) is 0 Å². The highest BCUT2D eigenvalue weighted by atomic mass is 16.4. The highest BCUT2D eigenvalue weighted by Crippen LogP contribution is 2.07. The van der Waals surface area contributed by atoms with Crippen LogP contribution in [0.5, 0.6) is 5.75 Å². The fourth-order valence-electron chi connectivity index (χ4n) is 1.42. The zero-order valence-corrected chi connectivity index (χ0v) is 11.4. The van der Waals surface area contributed by atoms with Crippen molar-refractivity contribution < 1.29 is 15.0 Å². The molecule has 0 unspecified atom stereocenters. The lowest BCUT2D eigenvalue weighted by Gasteiger charge is -1.95. The summed E-state index contributed by atoms with van der Waals surface area (Å²) in [4.78, 5) is 10.0. The molecule has 1 aromatic carbocycles. The summed E-state index contributed by atoms with van der Waals surface area (Å²) in [6.07, 6.45) is 5.88. The Hall–Kier alpha value is -1.51. The number of carboxylic acid groups (broad SMARTS) is 1. The molecule has 1 aromatic rings. The fourth-order valence-corrected chi connectivity index (χ4v) is 1.42. The van der Waals surface area contributed by atoms with Gasteiger partial charge >= 0.3 is 5.97 Å². The molecule has 0 aliphatic heterocycles. The number of hydrogen-bond acceptors (Lipinski definition) is 2. The molecule has 2 N–H and O–H groups in total.